The lowest BCUT2D eigenvalue weighted by atomic mass is 9.85. The average molecular weight is 572 g/mol. The fraction of sp³-hybridized carbons (Fsp3) is 0.212. The first kappa shape index (κ1) is 29.9. The molecule has 41 heavy (non-hydrogen) atoms. The third-order valence-electron chi connectivity index (χ3n) is 6.39. The van der Waals surface area contributed by atoms with Crippen molar-refractivity contribution in [2.24, 2.45) is 0 Å². The number of nitrogens with zero attached hydrogens (tertiary/aromatic N) is 1. The van der Waals surface area contributed by atoms with Gasteiger partial charge in [0, 0.05) is 30.0 Å². The van der Waals surface area contributed by atoms with Gasteiger partial charge >= 0.3 is 5.97 Å². The Morgan fingerprint density at radius 1 is 0.927 bits per heavy atom. The van der Waals surface area contributed by atoms with Gasteiger partial charge in [-0.3, -0.25) is 14.3 Å². The minimum atomic E-state index is -2.43. The maximum Gasteiger partial charge on any atom is 0.322 e. The number of hydrogen-bond donors (Lipinski definition) is 1. The van der Waals surface area contributed by atoms with E-state index < -0.39 is 20.1 Å². The highest BCUT2D eigenvalue weighted by atomic mass is 31.1. The molecule has 0 amide bonds. The first-order valence-electron chi connectivity index (χ1n) is 13.2. The van der Waals surface area contributed by atoms with Crippen molar-refractivity contribution in [1.29, 1.82) is 0 Å². The normalized spacial score (nSPS) is 12.3. The van der Waals surface area contributed by atoms with Crippen LogP contribution < -0.4 is 0 Å². The maximum absolute atomic E-state index is 14.0. The molecule has 1 heterocycles. The molecule has 1 aromatic heterocycles. The molecule has 0 aliphatic heterocycles. The summed E-state index contributed by atoms with van der Waals surface area (Å²) in [5, 5.41) is 10.0. The Bertz CT molecular complexity index is 1580. The van der Waals surface area contributed by atoms with Crippen molar-refractivity contribution in [3.8, 4) is 45.5 Å². The molecule has 0 bridgehead atoms. The van der Waals surface area contributed by atoms with Gasteiger partial charge < -0.3 is 14.4 Å². The Morgan fingerprint density at radius 3 is 2.10 bits per heavy atom. The topological polar surface area (TPSA) is 85.7 Å². The number of halogens is 1. The lowest BCUT2D eigenvalue weighted by Gasteiger charge is -2.21. The first-order chi connectivity index (χ1) is 19.8. The number of rotatable bonds is 9. The minimum absolute atomic E-state index is 0.0602. The molecule has 0 saturated heterocycles. The first-order valence-corrected chi connectivity index (χ1v) is 14.7. The van der Waals surface area contributed by atoms with E-state index in [0.29, 0.717) is 11.3 Å². The number of aliphatic hydroxyl groups excluding tert-OH is 1. The van der Waals surface area contributed by atoms with Crippen LogP contribution in [0.5, 0.6) is 0 Å². The third-order valence-corrected chi connectivity index (χ3v) is 7.65. The maximum atomic E-state index is 14.0. The van der Waals surface area contributed by atoms with Gasteiger partial charge in [-0.25, -0.2) is 4.39 Å². The van der Waals surface area contributed by atoms with Crippen LogP contribution in [0.4, 0.5) is 4.39 Å². The fourth-order valence-corrected chi connectivity index (χ4v) is 5.16. The molecule has 0 aliphatic rings. The molecule has 6 nitrogen and oxygen atoms in total. The number of ether oxygens (including phenoxy) is 1. The average Bonchev–Trinajstić information content (AvgIpc) is 2.97. The van der Waals surface area contributed by atoms with Crippen molar-refractivity contribution in [3.63, 3.8) is 0 Å². The van der Waals surface area contributed by atoms with Gasteiger partial charge in [0.05, 0.1) is 29.5 Å². The van der Waals surface area contributed by atoms with Crippen LogP contribution in [0, 0.1) is 17.8 Å². The monoisotopic (exact) mass is 571 g/mol. The van der Waals surface area contributed by atoms with Gasteiger partial charge in [-0.15, -0.1) is 0 Å². The Balaban J connectivity index is 1.92. The molecule has 3 aromatic carbocycles. The number of esters is 1. The van der Waals surface area contributed by atoms with E-state index in [1.54, 1.807) is 12.1 Å². The van der Waals surface area contributed by atoms with Gasteiger partial charge in [-0.1, -0.05) is 86.6 Å². The Kier molecular flexibility index (Phi) is 10.2. The van der Waals surface area contributed by atoms with Crippen molar-refractivity contribution in [2.75, 3.05) is 13.3 Å². The summed E-state index contributed by atoms with van der Waals surface area (Å²) < 4.78 is 35.5. The van der Waals surface area contributed by atoms with Gasteiger partial charge in [0.2, 0.25) is 0 Å². The Morgan fingerprint density at radius 2 is 1.51 bits per heavy atom. The standard InChI is InChI=1S/C33H31FNO5P/c1-22(2)32-28(18-19-40-29(37)20-27(36)21-41(38)39-3)30(24-14-16-26(34)17-15-24)31(23-10-6-4-7-11-23)33(35-32)25-12-8-5-9-13-25/h4-17,22,27,36,41H,20-21H2,1-3H3. The van der Waals surface area contributed by atoms with E-state index in [1.165, 1.54) is 19.2 Å². The number of pyridine rings is 1. The van der Waals surface area contributed by atoms with Crippen molar-refractivity contribution in [2.45, 2.75) is 32.3 Å². The molecule has 0 saturated carbocycles. The minimum Gasteiger partial charge on any atom is -0.392 e. The van der Waals surface area contributed by atoms with Crippen LogP contribution >= 0.6 is 8.03 Å². The number of carbonyl (C=O) groups excluding carboxylic acids is 1. The number of aromatic nitrogens is 1. The summed E-state index contributed by atoms with van der Waals surface area (Å²) in [6.07, 6.45) is 0.800. The molecular weight excluding hydrogens is 540 g/mol. The third kappa shape index (κ3) is 7.56. The second-order valence-corrected chi connectivity index (χ2v) is 11.3. The van der Waals surface area contributed by atoms with Crippen molar-refractivity contribution in [3.05, 3.63) is 102 Å². The summed E-state index contributed by atoms with van der Waals surface area (Å²) in [5.41, 5.74) is 6.05. The molecule has 2 unspecified atom stereocenters. The molecular formula is C33H31FNO5P. The predicted molar refractivity (Wildman–Crippen MR) is 159 cm³/mol. The van der Waals surface area contributed by atoms with Gasteiger partial charge in [0.25, 0.3) is 0 Å². The van der Waals surface area contributed by atoms with Crippen molar-refractivity contribution >= 4 is 14.0 Å². The quantitative estimate of drug-likeness (QED) is 0.131. The van der Waals surface area contributed by atoms with Crippen molar-refractivity contribution in [1.82, 2.24) is 4.98 Å². The van der Waals surface area contributed by atoms with Gasteiger partial charge in [0.1, 0.15) is 11.9 Å². The van der Waals surface area contributed by atoms with Crippen LogP contribution in [0.1, 0.15) is 37.4 Å². The molecule has 0 spiro atoms. The lowest BCUT2D eigenvalue weighted by molar-refractivity contribution is -0.138. The van der Waals surface area contributed by atoms with Crippen molar-refractivity contribution < 1.29 is 28.1 Å². The van der Waals surface area contributed by atoms with E-state index >= 15 is 0 Å². The molecule has 8 heteroatoms. The van der Waals surface area contributed by atoms with E-state index in [9.17, 15) is 18.9 Å². The molecule has 0 radical (unpaired) electrons. The highest BCUT2D eigenvalue weighted by Crippen LogP contribution is 2.43. The van der Waals surface area contributed by atoms with E-state index in [2.05, 4.69) is 12.0 Å². The van der Waals surface area contributed by atoms with Gasteiger partial charge in [-0.05, 0) is 35.1 Å². The number of carbonyl (C=O) groups is 1. The molecule has 4 aromatic rings. The second kappa shape index (κ2) is 14.0. The summed E-state index contributed by atoms with van der Waals surface area (Å²) in [6.45, 7) is 4.00. The summed E-state index contributed by atoms with van der Waals surface area (Å²) in [5.74, 6) is 1.82. The zero-order valence-electron chi connectivity index (χ0n) is 23.1. The molecule has 0 aliphatic carbocycles. The number of aliphatic hydroxyl groups is 1. The molecule has 210 valence electrons. The Hall–Kier alpha value is -4.08. The highest BCUT2D eigenvalue weighted by molar-refractivity contribution is 7.39. The molecule has 0 fully saturated rings. The molecule has 1 N–H and O–H groups in total. The Labute approximate surface area is 240 Å². The summed E-state index contributed by atoms with van der Waals surface area (Å²) >= 11 is 0. The summed E-state index contributed by atoms with van der Waals surface area (Å²) in [7, 11) is -1.14. The van der Waals surface area contributed by atoms with Crippen LogP contribution in [-0.4, -0.2) is 35.4 Å². The largest absolute Gasteiger partial charge is 0.392 e. The van der Waals surface area contributed by atoms with Crippen LogP contribution in [0.25, 0.3) is 33.5 Å². The summed E-state index contributed by atoms with van der Waals surface area (Å²) in [6, 6.07) is 25.8. The number of hydrogen-bond acceptors (Lipinski definition) is 6. The predicted octanol–water partition coefficient (Wildman–Crippen LogP) is 7.07. The van der Waals surface area contributed by atoms with E-state index in [0.717, 1.165) is 33.5 Å². The zero-order valence-corrected chi connectivity index (χ0v) is 24.1. The van der Waals surface area contributed by atoms with Gasteiger partial charge in [-0.2, -0.15) is 0 Å². The second-order valence-electron chi connectivity index (χ2n) is 9.70. The lowest BCUT2D eigenvalue weighted by Crippen LogP contribution is -2.16. The highest BCUT2D eigenvalue weighted by Gasteiger charge is 2.24. The van der Waals surface area contributed by atoms with Crippen LogP contribution in [0.15, 0.2) is 84.9 Å². The van der Waals surface area contributed by atoms with E-state index in [1.807, 2.05) is 74.5 Å². The smallest absolute Gasteiger partial charge is 0.322 e. The molecule has 2 atom stereocenters. The van der Waals surface area contributed by atoms with Crippen LogP contribution in [-0.2, 0) is 18.6 Å². The van der Waals surface area contributed by atoms with E-state index in [4.69, 9.17) is 14.2 Å². The SMILES string of the molecule is CO[PH](=O)CC(O)CC(=O)OC#Cc1c(C(C)C)nc(-c2ccccc2)c(-c2ccccc2)c1-c1ccc(F)cc1. The van der Waals surface area contributed by atoms with Gasteiger partial charge in [0.15, 0.2) is 8.03 Å². The van der Waals surface area contributed by atoms with Crippen LogP contribution in [0.2, 0.25) is 0 Å². The molecule has 4 rings (SSSR count). The number of benzene rings is 3. The fourth-order valence-electron chi connectivity index (χ4n) is 4.46. The summed E-state index contributed by atoms with van der Waals surface area (Å²) in [4.78, 5) is 17.5. The van der Waals surface area contributed by atoms with Crippen LogP contribution in [0.3, 0.4) is 0 Å². The zero-order chi connectivity index (χ0) is 29.4. The van der Waals surface area contributed by atoms with E-state index in [-0.39, 0.29) is 24.3 Å².